The van der Waals surface area contributed by atoms with E-state index in [9.17, 15) is 4.79 Å². The molecule has 1 saturated heterocycles. The molecule has 0 spiro atoms. The van der Waals surface area contributed by atoms with E-state index < -0.39 is 0 Å². The van der Waals surface area contributed by atoms with Crippen LogP contribution in [-0.4, -0.2) is 28.9 Å². The highest BCUT2D eigenvalue weighted by Crippen LogP contribution is 2.32. The molecule has 0 N–H and O–H groups in total. The second-order valence-electron chi connectivity index (χ2n) is 6.65. The molecule has 3 rings (SSSR count). The Morgan fingerprint density at radius 2 is 1.92 bits per heavy atom. The molecule has 0 radical (unpaired) electrons. The Morgan fingerprint density at radius 1 is 1.20 bits per heavy atom. The van der Waals surface area contributed by atoms with Crippen molar-refractivity contribution in [2.75, 3.05) is 18.0 Å². The maximum Gasteiger partial charge on any atom is 0.230 e. The van der Waals surface area contributed by atoms with Gasteiger partial charge in [0.25, 0.3) is 0 Å². The van der Waals surface area contributed by atoms with Crippen LogP contribution in [0.3, 0.4) is 0 Å². The van der Waals surface area contributed by atoms with Crippen molar-refractivity contribution in [3.05, 3.63) is 40.9 Å². The van der Waals surface area contributed by atoms with Gasteiger partial charge >= 0.3 is 0 Å². The number of carbonyl (C=O) groups is 1. The summed E-state index contributed by atoms with van der Waals surface area (Å²) < 4.78 is 0. The van der Waals surface area contributed by atoms with Crippen LogP contribution in [0.1, 0.15) is 50.8 Å². The predicted molar refractivity (Wildman–Crippen MR) is 104 cm³/mol. The number of aryl methyl sites for hydroxylation is 1. The third-order valence-corrected chi connectivity index (χ3v) is 5.62. The van der Waals surface area contributed by atoms with Crippen molar-refractivity contribution in [2.45, 2.75) is 52.5 Å². The SMILES string of the molecule is CCc1ccccc1N(C(C)=O)c1nc(CN2CCCCCC2)cs1. The topological polar surface area (TPSA) is 36.4 Å². The zero-order valence-electron chi connectivity index (χ0n) is 15.2. The highest BCUT2D eigenvalue weighted by atomic mass is 32.1. The molecule has 0 aliphatic carbocycles. The number of hydrogen-bond acceptors (Lipinski definition) is 4. The molecule has 0 unspecified atom stereocenters. The summed E-state index contributed by atoms with van der Waals surface area (Å²) in [6, 6.07) is 8.09. The van der Waals surface area contributed by atoms with E-state index in [1.54, 1.807) is 23.2 Å². The molecule has 0 atom stereocenters. The zero-order chi connectivity index (χ0) is 17.6. The van der Waals surface area contributed by atoms with Gasteiger partial charge in [-0.1, -0.05) is 38.0 Å². The van der Waals surface area contributed by atoms with Crippen LogP contribution in [-0.2, 0) is 17.8 Å². The number of nitrogens with zero attached hydrogens (tertiary/aromatic N) is 3. The lowest BCUT2D eigenvalue weighted by Crippen LogP contribution is -2.25. The van der Waals surface area contributed by atoms with Gasteiger partial charge in [0.2, 0.25) is 5.91 Å². The van der Waals surface area contributed by atoms with Crippen LogP contribution in [0.25, 0.3) is 0 Å². The number of anilines is 2. The highest BCUT2D eigenvalue weighted by Gasteiger charge is 2.20. The largest absolute Gasteiger partial charge is 0.297 e. The second kappa shape index (κ2) is 8.59. The van der Waals surface area contributed by atoms with Gasteiger partial charge in [0.15, 0.2) is 5.13 Å². The molecule has 1 aliphatic heterocycles. The van der Waals surface area contributed by atoms with Crippen LogP contribution in [0.15, 0.2) is 29.6 Å². The van der Waals surface area contributed by atoms with Crippen molar-refractivity contribution in [3.8, 4) is 0 Å². The van der Waals surface area contributed by atoms with Gasteiger partial charge in [-0.3, -0.25) is 14.6 Å². The molecule has 1 aromatic heterocycles. The number of carbonyl (C=O) groups excluding carboxylic acids is 1. The number of benzene rings is 1. The molecule has 5 heteroatoms. The van der Waals surface area contributed by atoms with Crippen molar-refractivity contribution in [2.24, 2.45) is 0 Å². The van der Waals surface area contributed by atoms with Crippen molar-refractivity contribution < 1.29 is 4.79 Å². The third kappa shape index (κ3) is 4.47. The summed E-state index contributed by atoms with van der Waals surface area (Å²) in [5.74, 6) is 0.0107. The number of amides is 1. The van der Waals surface area contributed by atoms with Crippen LogP contribution in [0.4, 0.5) is 10.8 Å². The normalized spacial score (nSPS) is 15.8. The number of aromatic nitrogens is 1. The monoisotopic (exact) mass is 357 g/mol. The number of likely N-dealkylation sites (tertiary alicyclic amines) is 1. The summed E-state index contributed by atoms with van der Waals surface area (Å²) in [5.41, 5.74) is 3.19. The highest BCUT2D eigenvalue weighted by molar-refractivity contribution is 7.14. The minimum Gasteiger partial charge on any atom is -0.297 e. The average Bonchev–Trinajstić information content (AvgIpc) is 2.89. The van der Waals surface area contributed by atoms with Gasteiger partial charge in [-0.25, -0.2) is 4.98 Å². The summed E-state index contributed by atoms with van der Waals surface area (Å²) in [4.78, 5) is 21.4. The molecule has 134 valence electrons. The fourth-order valence-corrected chi connectivity index (χ4v) is 4.30. The lowest BCUT2D eigenvalue weighted by atomic mass is 10.1. The Balaban J connectivity index is 1.81. The van der Waals surface area contributed by atoms with E-state index in [0.717, 1.165) is 42.6 Å². The smallest absolute Gasteiger partial charge is 0.230 e. The maximum atomic E-state index is 12.3. The molecule has 1 amide bonds. The third-order valence-electron chi connectivity index (χ3n) is 4.74. The van der Waals surface area contributed by atoms with E-state index in [2.05, 4.69) is 23.3 Å². The molecule has 4 nitrogen and oxygen atoms in total. The molecule has 1 aromatic carbocycles. The number of rotatable bonds is 5. The quantitative estimate of drug-likeness (QED) is 0.773. The summed E-state index contributed by atoms with van der Waals surface area (Å²) in [7, 11) is 0. The Labute approximate surface area is 154 Å². The van der Waals surface area contributed by atoms with Gasteiger partial charge in [-0.15, -0.1) is 11.3 Å². The molecule has 1 aliphatic rings. The van der Waals surface area contributed by atoms with Gasteiger partial charge in [0, 0.05) is 18.8 Å². The van der Waals surface area contributed by atoms with Crippen molar-refractivity contribution >= 4 is 28.1 Å². The summed E-state index contributed by atoms with van der Waals surface area (Å²) in [6.45, 7) is 6.92. The van der Waals surface area contributed by atoms with Crippen molar-refractivity contribution in [1.82, 2.24) is 9.88 Å². The summed E-state index contributed by atoms with van der Waals surface area (Å²) >= 11 is 1.56. The second-order valence-corrected chi connectivity index (χ2v) is 7.49. The van der Waals surface area contributed by atoms with E-state index in [4.69, 9.17) is 4.98 Å². The average molecular weight is 358 g/mol. The Kier molecular flexibility index (Phi) is 6.21. The Bertz CT molecular complexity index is 704. The predicted octanol–water partition coefficient (Wildman–Crippen LogP) is 4.77. The molecule has 2 heterocycles. The first-order valence-electron chi connectivity index (χ1n) is 9.24. The summed E-state index contributed by atoms with van der Waals surface area (Å²) in [6.07, 6.45) is 6.13. The van der Waals surface area contributed by atoms with Crippen LogP contribution in [0, 0.1) is 0 Å². The van der Waals surface area contributed by atoms with Crippen molar-refractivity contribution in [1.29, 1.82) is 0 Å². The lowest BCUT2D eigenvalue weighted by molar-refractivity contribution is -0.115. The molecule has 1 fully saturated rings. The molecule has 25 heavy (non-hydrogen) atoms. The molecular weight excluding hydrogens is 330 g/mol. The van der Waals surface area contributed by atoms with E-state index in [1.165, 1.54) is 31.2 Å². The molecule has 0 saturated carbocycles. The first-order chi connectivity index (χ1) is 12.2. The lowest BCUT2D eigenvalue weighted by Gasteiger charge is -2.21. The van der Waals surface area contributed by atoms with Crippen LogP contribution >= 0.6 is 11.3 Å². The van der Waals surface area contributed by atoms with E-state index in [-0.39, 0.29) is 5.91 Å². The van der Waals surface area contributed by atoms with Gasteiger partial charge < -0.3 is 0 Å². The molecule has 2 aromatic rings. The van der Waals surface area contributed by atoms with E-state index in [0.29, 0.717) is 0 Å². The van der Waals surface area contributed by atoms with Crippen LogP contribution in [0.2, 0.25) is 0 Å². The number of hydrogen-bond donors (Lipinski definition) is 0. The first-order valence-corrected chi connectivity index (χ1v) is 10.1. The van der Waals surface area contributed by atoms with Gasteiger partial charge in [-0.05, 0) is 44.0 Å². The standard InChI is InChI=1S/C20H27N3OS/c1-3-17-10-6-7-11-19(17)23(16(2)24)20-21-18(15-25-20)14-22-12-8-4-5-9-13-22/h6-7,10-11,15H,3-5,8-9,12-14H2,1-2H3. The van der Waals surface area contributed by atoms with Gasteiger partial charge in [0.1, 0.15) is 0 Å². The fourth-order valence-electron chi connectivity index (χ4n) is 3.43. The molecular formula is C20H27N3OS. The minimum absolute atomic E-state index is 0.0107. The Morgan fingerprint density at radius 3 is 2.60 bits per heavy atom. The van der Waals surface area contributed by atoms with E-state index >= 15 is 0 Å². The number of thiazole rings is 1. The first kappa shape index (κ1) is 18.1. The minimum atomic E-state index is 0.0107. The van der Waals surface area contributed by atoms with Crippen molar-refractivity contribution in [3.63, 3.8) is 0 Å². The van der Waals surface area contributed by atoms with Gasteiger partial charge in [-0.2, -0.15) is 0 Å². The zero-order valence-corrected chi connectivity index (χ0v) is 16.0. The van der Waals surface area contributed by atoms with Crippen LogP contribution < -0.4 is 4.90 Å². The van der Waals surface area contributed by atoms with Gasteiger partial charge in [0.05, 0.1) is 11.4 Å². The fraction of sp³-hybridized carbons (Fsp3) is 0.500. The van der Waals surface area contributed by atoms with E-state index in [1.807, 2.05) is 18.2 Å². The summed E-state index contributed by atoms with van der Waals surface area (Å²) in [5, 5.41) is 2.88. The maximum absolute atomic E-state index is 12.3. The number of para-hydroxylation sites is 1. The molecule has 0 bridgehead atoms. The van der Waals surface area contributed by atoms with Crippen LogP contribution in [0.5, 0.6) is 0 Å². The Hall–Kier alpha value is -1.72.